The second-order valence-corrected chi connectivity index (χ2v) is 9.60. The molecule has 1 aromatic rings. The summed E-state index contributed by atoms with van der Waals surface area (Å²) in [4.78, 5) is 14.9. The fourth-order valence-electron chi connectivity index (χ4n) is 3.36. The molecule has 1 saturated heterocycles. The molecule has 0 bridgehead atoms. The first-order valence-corrected chi connectivity index (χ1v) is 12.1. The van der Waals surface area contributed by atoms with Gasteiger partial charge in [0, 0.05) is 13.1 Å². The maximum absolute atomic E-state index is 13.0. The molecule has 1 heterocycles. The molecule has 1 aliphatic rings. The fourth-order valence-corrected chi connectivity index (χ4v) is 4.79. The maximum atomic E-state index is 13.0. The highest BCUT2D eigenvalue weighted by Crippen LogP contribution is 2.30. The number of ether oxygens (including phenoxy) is 2. The highest BCUT2D eigenvalue weighted by atomic mass is 32.2. The van der Waals surface area contributed by atoms with Crippen LogP contribution < -0.4 is 10.1 Å². The van der Waals surface area contributed by atoms with E-state index in [2.05, 4.69) is 24.1 Å². The Morgan fingerprint density at radius 2 is 1.83 bits per heavy atom. The molecule has 0 spiro atoms. The Bertz CT molecular complexity index is 786. The number of hydrogen-bond acceptors (Lipinski definition) is 6. The van der Waals surface area contributed by atoms with Gasteiger partial charge in [-0.15, -0.1) is 0 Å². The zero-order chi connectivity index (χ0) is 22.1. The molecule has 0 aliphatic carbocycles. The van der Waals surface area contributed by atoms with Crippen molar-refractivity contribution >= 4 is 21.6 Å². The lowest BCUT2D eigenvalue weighted by atomic mass is 10.2. The van der Waals surface area contributed by atoms with Crippen LogP contribution >= 0.6 is 0 Å². The second kappa shape index (κ2) is 11.6. The van der Waals surface area contributed by atoms with Crippen molar-refractivity contribution in [1.82, 2.24) is 9.21 Å². The summed E-state index contributed by atoms with van der Waals surface area (Å²) in [5.74, 6) is 0.267. The van der Waals surface area contributed by atoms with E-state index in [4.69, 9.17) is 9.47 Å². The van der Waals surface area contributed by atoms with Crippen molar-refractivity contribution in [2.75, 3.05) is 51.3 Å². The molecule has 1 fully saturated rings. The molecule has 1 aromatic carbocycles. The van der Waals surface area contributed by atoms with Crippen molar-refractivity contribution < 1.29 is 22.7 Å². The first-order valence-electron chi connectivity index (χ1n) is 10.7. The number of morpholine rings is 1. The molecule has 2 rings (SSSR count). The molecule has 0 radical (unpaired) electrons. The van der Waals surface area contributed by atoms with Crippen LogP contribution in [-0.2, 0) is 19.6 Å². The third-order valence-electron chi connectivity index (χ3n) is 4.64. The number of rotatable bonds is 11. The highest BCUT2D eigenvalue weighted by Gasteiger charge is 2.27. The van der Waals surface area contributed by atoms with Gasteiger partial charge in [0.15, 0.2) is 0 Å². The van der Waals surface area contributed by atoms with E-state index in [9.17, 15) is 13.2 Å². The van der Waals surface area contributed by atoms with Gasteiger partial charge in [-0.1, -0.05) is 13.8 Å². The maximum Gasteiger partial charge on any atom is 0.243 e. The van der Waals surface area contributed by atoms with Gasteiger partial charge >= 0.3 is 0 Å². The third-order valence-corrected chi connectivity index (χ3v) is 6.54. The topological polar surface area (TPSA) is 88.2 Å². The number of nitrogens with one attached hydrogen (secondary N) is 1. The predicted molar refractivity (Wildman–Crippen MR) is 117 cm³/mol. The van der Waals surface area contributed by atoms with Crippen LogP contribution in [0.2, 0.25) is 0 Å². The number of sulfonamides is 1. The zero-order valence-corrected chi connectivity index (χ0v) is 19.3. The van der Waals surface area contributed by atoms with Gasteiger partial charge in [0.2, 0.25) is 15.9 Å². The average molecular weight is 442 g/mol. The van der Waals surface area contributed by atoms with Crippen molar-refractivity contribution in [3.8, 4) is 5.75 Å². The Labute approximate surface area is 180 Å². The zero-order valence-electron chi connectivity index (χ0n) is 18.5. The Morgan fingerprint density at radius 1 is 1.20 bits per heavy atom. The molecule has 30 heavy (non-hydrogen) atoms. The van der Waals surface area contributed by atoms with Crippen LogP contribution in [0.1, 0.15) is 40.5 Å². The van der Waals surface area contributed by atoms with E-state index in [-0.39, 0.29) is 23.5 Å². The van der Waals surface area contributed by atoms with E-state index in [0.717, 1.165) is 25.9 Å². The largest absolute Gasteiger partial charge is 0.489 e. The minimum atomic E-state index is -3.67. The Balaban J connectivity index is 2.26. The van der Waals surface area contributed by atoms with E-state index < -0.39 is 10.0 Å². The molecule has 9 heteroatoms. The summed E-state index contributed by atoms with van der Waals surface area (Å²) in [6.07, 6.45) is 1.81. The minimum Gasteiger partial charge on any atom is -0.489 e. The molecule has 1 amide bonds. The number of amides is 1. The summed E-state index contributed by atoms with van der Waals surface area (Å²) in [6, 6.07) is 4.63. The number of carbonyl (C=O) groups is 1. The first-order chi connectivity index (χ1) is 14.3. The van der Waals surface area contributed by atoms with Gasteiger partial charge in [-0.05, 0) is 58.0 Å². The second-order valence-electron chi connectivity index (χ2n) is 7.67. The van der Waals surface area contributed by atoms with Gasteiger partial charge in [-0.2, -0.15) is 4.31 Å². The average Bonchev–Trinajstić information content (AvgIpc) is 2.70. The monoisotopic (exact) mass is 441 g/mol. The van der Waals surface area contributed by atoms with E-state index in [1.165, 1.54) is 16.4 Å². The van der Waals surface area contributed by atoms with Crippen LogP contribution in [0.4, 0.5) is 5.69 Å². The van der Waals surface area contributed by atoms with Crippen LogP contribution in [0.3, 0.4) is 0 Å². The van der Waals surface area contributed by atoms with E-state index in [0.29, 0.717) is 37.7 Å². The number of hydrogen-bond donors (Lipinski definition) is 1. The molecule has 1 N–H and O–H groups in total. The molecule has 1 aliphatic heterocycles. The van der Waals surface area contributed by atoms with Crippen LogP contribution in [-0.4, -0.2) is 75.6 Å². The predicted octanol–water partition coefficient (Wildman–Crippen LogP) is 2.56. The summed E-state index contributed by atoms with van der Waals surface area (Å²) in [6.45, 7) is 11.2. The van der Waals surface area contributed by atoms with Crippen molar-refractivity contribution in [1.29, 1.82) is 0 Å². The smallest absolute Gasteiger partial charge is 0.243 e. The molecule has 170 valence electrons. The van der Waals surface area contributed by atoms with E-state index in [1.807, 2.05) is 13.8 Å². The van der Waals surface area contributed by atoms with Crippen molar-refractivity contribution in [3.05, 3.63) is 18.2 Å². The summed E-state index contributed by atoms with van der Waals surface area (Å²) >= 11 is 0. The van der Waals surface area contributed by atoms with Gasteiger partial charge in [0.1, 0.15) is 5.75 Å². The fraction of sp³-hybridized carbons (Fsp3) is 0.667. The molecule has 0 unspecified atom stereocenters. The lowest BCUT2D eigenvalue weighted by Crippen LogP contribution is -2.40. The summed E-state index contributed by atoms with van der Waals surface area (Å²) in [5.41, 5.74) is 0.371. The molecule has 0 aromatic heterocycles. The number of nitrogens with zero attached hydrogens (tertiary/aromatic N) is 2. The molecular weight excluding hydrogens is 406 g/mol. The van der Waals surface area contributed by atoms with Crippen LogP contribution in [0.25, 0.3) is 0 Å². The summed E-state index contributed by atoms with van der Waals surface area (Å²) < 4.78 is 38.5. The van der Waals surface area contributed by atoms with Crippen LogP contribution in [0.15, 0.2) is 23.1 Å². The SMILES string of the molecule is CCCN(CCC)CC(=O)Nc1cc(S(=O)(=O)N2CCOCC2)ccc1OC(C)C. The summed E-state index contributed by atoms with van der Waals surface area (Å²) in [7, 11) is -3.67. The molecule has 8 nitrogen and oxygen atoms in total. The lowest BCUT2D eigenvalue weighted by molar-refractivity contribution is -0.117. The standard InChI is InChI=1S/C21H35N3O5S/c1-5-9-23(10-6-2)16-21(25)22-19-15-18(7-8-20(19)29-17(3)4)30(26,27)24-11-13-28-14-12-24/h7-8,15,17H,5-6,9-14,16H2,1-4H3,(H,22,25). The first kappa shape index (κ1) is 24.6. The number of anilines is 1. The molecular formula is C21H35N3O5S. The van der Waals surface area contributed by atoms with Gasteiger partial charge in [-0.3, -0.25) is 9.69 Å². The third kappa shape index (κ3) is 6.94. The highest BCUT2D eigenvalue weighted by molar-refractivity contribution is 7.89. The van der Waals surface area contributed by atoms with Gasteiger partial charge in [0.25, 0.3) is 0 Å². The van der Waals surface area contributed by atoms with Crippen molar-refractivity contribution in [2.45, 2.75) is 51.5 Å². The van der Waals surface area contributed by atoms with Gasteiger partial charge < -0.3 is 14.8 Å². The van der Waals surface area contributed by atoms with Crippen molar-refractivity contribution in [2.24, 2.45) is 0 Å². The van der Waals surface area contributed by atoms with E-state index in [1.54, 1.807) is 6.07 Å². The Hall–Kier alpha value is -1.68. The van der Waals surface area contributed by atoms with Crippen molar-refractivity contribution in [3.63, 3.8) is 0 Å². The number of carbonyl (C=O) groups excluding carboxylic acids is 1. The Morgan fingerprint density at radius 3 is 2.40 bits per heavy atom. The van der Waals surface area contributed by atoms with E-state index >= 15 is 0 Å². The minimum absolute atomic E-state index is 0.112. The van der Waals surface area contributed by atoms with Gasteiger partial charge in [-0.25, -0.2) is 8.42 Å². The van der Waals surface area contributed by atoms with Crippen LogP contribution in [0, 0.1) is 0 Å². The lowest BCUT2D eigenvalue weighted by Gasteiger charge is -2.26. The van der Waals surface area contributed by atoms with Crippen LogP contribution in [0.5, 0.6) is 5.75 Å². The molecule has 0 saturated carbocycles. The van der Waals surface area contributed by atoms with Gasteiger partial charge in [0.05, 0.1) is 36.4 Å². The number of benzene rings is 1. The Kier molecular flexibility index (Phi) is 9.54. The normalized spacial score (nSPS) is 15.5. The quantitative estimate of drug-likeness (QED) is 0.568. The summed E-state index contributed by atoms with van der Waals surface area (Å²) in [5, 5.41) is 2.87. The molecule has 0 atom stereocenters.